The van der Waals surface area contributed by atoms with Crippen LogP contribution in [-0.4, -0.2) is 201 Å². The Bertz CT molecular complexity index is 6230. The largest absolute Gasteiger partial charge is 0.493 e. The Balaban J connectivity index is 0.000000254. The molecule has 4 fully saturated rings. The zero-order valence-corrected chi connectivity index (χ0v) is 70.8. The molecule has 4 aromatic rings. The van der Waals surface area contributed by atoms with Crippen molar-refractivity contribution in [2.24, 2.45) is 93.8 Å². The minimum Gasteiger partial charge on any atom is -0.493 e. The summed E-state index contributed by atoms with van der Waals surface area (Å²) in [6, 6.07) is -7.09. The van der Waals surface area contributed by atoms with Crippen LogP contribution in [0.1, 0.15) is 304 Å². The first-order valence-corrected chi connectivity index (χ1v) is 38.9. The zero-order valence-electron chi connectivity index (χ0n) is 125. The van der Waals surface area contributed by atoms with Gasteiger partial charge in [-0.2, -0.15) is 0 Å². The lowest BCUT2D eigenvalue weighted by molar-refractivity contribution is -0.161. The SMILES string of the molecule is [2H]C([2H])([2H])C([2H])(C)C([2H])([2H])C1([2H])C(OC(=O)[C@@H](N)C(C)C)C([2H])([2H])C2([2H])c3cc(OC)c(OC)cc3CCN2C1([2H])[2H].[2H]C([2H])([2H])C([2H])(C)C([2H])([2H])C1([2H])C(OC(=O)[C@@H](N)C(C)C)C([2H])([2H])C2([2H])c3cc(OC)c(OC)cc3CCN2C1([2H])[2H].[2H]C([2H])([2H])Oc1cc2c(cc1OC)C1([2H])N(CC2)C([2H])([2H])C([2H])(C([2H])([2H])C([2H])(C)C([2H])([2H])[2H])C(OC(=O)[C@@H](N)C(C)C)C1([2H])[2H].[2H]C([2H])([2H])Oc1cc2c(cc1OC)C1([2H])N(CC2)C([2H])([2H])C([2H])(C([2H])([2H])C([2H])(C)C([2H])([2H])[2H])C(OC(=O)[C@@H](N)C(C)C)C1([2H])[2H]. The molecule has 672 valence electrons. The number of rotatable bonds is 28. The number of hydrogen-bond acceptors (Lipinski definition) is 24. The second-order valence-electron chi connectivity index (χ2n) is 30.3. The van der Waals surface area contributed by atoms with Crippen LogP contribution in [0.4, 0.5) is 0 Å². The first-order chi connectivity index (χ1) is 77.6. The first-order valence-electron chi connectivity index (χ1n) is 65.9. The smallest absolute Gasteiger partial charge is 0.323 e. The van der Waals surface area contributed by atoms with E-state index in [1.165, 1.54) is 92.5 Å². The van der Waals surface area contributed by atoms with E-state index in [0.717, 1.165) is 26.4 Å². The standard InChI is InChI=1S/4C24H38N2O4/c4*1-14(2)9-17-13-26-8-7-16-10-21(28-5)22(29-6)11-18(16)19(26)12-20(17)30-24(27)23(25)15(3)4/h4*10-11,14-15,17,19-20,23H,7-9,12-13,25H2,1-6H3/t4*17?,19?,20?,23-/m0000/s1/i2*1D3,5D3,9D2,12D2,13D2,14D,17D,19D;2*1D3,9D2,12D2,13D2,14D,17D,19D/t4*14?,17?,19?,20?,23-. The second kappa shape index (κ2) is 43.9. The molecule has 8 aliphatic rings. The van der Waals surface area contributed by atoms with Crippen molar-refractivity contribution in [3.05, 3.63) is 93.0 Å². The topological polar surface area (TPSA) is 296 Å². The van der Waals surface area contributed by atoms with Crippen molar-refractivity contribution >= 4 is 23.9 Å². The van der Waals surface area contributed by atoms with Crippen LogP contribution in [0.25, 0.3) is 0 Å². The molecule has 16 unspecified atom stereocenters. The Morgan fingerprint density at radius 3 is 0.725 bits per heavy atom. The Kier molecular flexibility index (Phi) is 16.9. The fourth-order valence-electron chi connectivity index (χ4n) is 13.3. The summed E-state index contributed by atoms with van der Waals surface area (Å²) in [4.78, 5) is 55.2. The molecule has 0 amide bonds. The molecule has 0 aromatic heterocycles. The number of benzene rings is 4. The highest BCUT2D eigenvalue weighted by Crippen LogP contribution is 2.50. The van der Waals surface area contributed by atoms with Gasteiger partial charge in [-0.05, 0) is 191 Å². The summed E-state index contributed by atoms with van der Waals surface area (Å²) >= 11 is 0. The van der Waals surface area contributed by atoms with Gasteiger partial charge in [-0.15, -0.1) is 0 Å². The van der Waals surface area contributed by atoms with E-state index >= 15 is 0 Å². The summed E-state index contributed by atoms with van der Waals surface area (Å²) in [5, 5.41) is 0. The number of ether oxygens (including phenoxy) is 12. The number of esters is 4. The predicted molar refractivity (Wildman–Crippen MR) is 471 cm³/mol. The third-order valence-corrected chi connectivity index (χ3v) is 20.1. The summed E-state index contributed by atoms with van der Waals surface area (Å²) in [6.45, 7) is -14.7. The van der Waals surface area contributed by atoms with Crippen molar-refractivity contribution in [1.82, 2.24) is 19.6 Å². The molecule has 4 saturated heterocycles. The third-order valence-electron chi connectivity index (χ3n) is 20.1. The maximum atomic E-state index is 13.2. The monoisotopic (exact) mass is 1730 g/mol. The van der Waals surface area contributed by atoms with E-state index in [4.69, 9.17) is 126 Å². The predicted octanol–water partition coefficient (Wildman–Crippen LogP) is 14.3. The first kappa shape index (κ1) is 46.2. The molecular formula is C96H152N8O16. The fourth-order valence-corrected chi connectivity index (χ4v) is 13.3. The normalized spacial score (nSPS) is 42.9. The number of hydrogen-bond donors (Lipinski definition) is 4. The van der Waals surface area contributed by atoms with Gasteiger partial charge >= 0.3 is 23.9 Å². The van der Waals surface area contributed by atoms with Gasteiger partial charge in [0.05, 0.1) is 70.4 Å². The van der Waals surface area contributed by atoms with Crippen molar-refractivity contribution < 1.29 is 150 Å². The minimum atomic E-state index is -3.79. The number of nitrogens with zero attached hydrogens (tertiary/aromatic N) is 4. The van der Waals surface area contributed by atoms with Gasteiger partial charge < -0.3 is 79.8 Å². The van der Waals surface area contributed by atoms with E-state index in [0.29, 0.717) is 58.4 Å². The van der Waals surface area contributed by atoms with Gasteiger partial charge in [0.15, 0.2) is 46.0 Å². The molecular weight excluding hydrogens is 1520 g/mol. The van der Waals surface area contributed by atoms with Crippen LogP contribution < -0.4 is 60.8 Å². The highest BCUT2D eigenvalue weighted by molar-refractivity contribution is 5.77. The highest BCUT2D eigenvalue weighted by atomic mass is 16.6. The lowest BCUT2D eigenvalue weighted by Crippen LogP contribution is -2.51. The number of methoxy groups -OCH3 is 8. The molecule has 0 radical (unpaired) electrons. The molecule has 0 bridgehead atoms. The molecule has 24 heteroatoms. The van der Waals surface area contributed by atoms with Crippen LogP contribution in [0.3, 0.4) is 0 Å². The summed E-state index contributed by atoms with van der Waals surface area (Å²) in [6.07, 6.45) is -40.0. The Hall–Kier alpha value is -7.16. The Morgan fingerprint density at radius 1 is 0.358 bits per heavy atom. The van der Waals surface area contributed by atoms with Crippen LogP contribution in [-0.2, 0) is 63.8 Å². The zero-order chi connectivity index (χ0) is 136. The van der Waals surface area contributed by atoms with E-state index in [9.17, 15) is 46.6 Å². The van der Waals surface area contributed by atoms with Gasteiger partial charge in [0.25, 0.3) is 0 Å². The lowest BCUT2D eigenvalue weighted by atomic mass is 9.79. The molecule has 8 aliphatic heterocycles. The molecule has 0 aliphatic carbocycles. The second-order valence-corrected chi connectivity index (χ2v) is 30.3. The number of carbonyl (C=O) groups excluding carboxylic acids is 4. The summed E-state index contributed by atoms with van der Waals surface area (Å²) in [5.41, 5.74) is 23.9. The van der Waals surface area contributed by atoms with Crippen molar-refractivity contribution in [2.45, 2.75) is 260 Å². The number of nitrogens with two attached hydrogens (primary N) is 4. The molecule has 12 rings (SSSR count). The van der Waals surface area contributed by atoms with Crippen molar-refractivity contribution in [2.75, 3.05) is 109 Å². The summed E-state index contributed by atoms with van der Waals surface area (Å²) in [7, 11) is 1.81. The maximum absolute atomic E-state index is 13.2. The van der Waals surface area contributed by atoms with Crippen molar-refractivity contribution in [3.8, 4) is 46.0 Å². The number of carbonyl (C=O) groups is 4. The van der Waals surface area contributed by atoms with Crippen molar-refractivity contribution in [3.63, 3.8) is 0 Å². The van der Waals surface area contributed by atoms with E-state index in [2.05, 4.69) is 0 Å². The molecule has 120 heavy (non-hydrogen) atoms. The Morgan fingerprint density at radius 2 is 0.550 bits per heavy atom. The minimum absolute atomic E-state index is 0.00504. The van der Waals surface area contributed by atoms with Gasteiger partial charge in [0.1, 0.15) is 48.6 Å². The average Bonchev–Trinajstić information content (AvgIpc) is 0.662. The van der Waals surface area contributed by atoms with E-state index in [1.54, 1.807) is 27.7 Å². The van der Waals surface area contributed by atoms with Gasteiger partial charge in [-0.1, -0.05) is 110 Å². The van der Waals surface area contributed by atoms with Gasteiger partial charge in [0, 0.05) is 186 Å². The van der Waals surface area contributed by atoms with E-state index in [-0.39, 0.29) is 105 Å². The third kappa shape index (κ3) is 23.8. The quantitative estimate of drug-likeness (QED) is 0.0303. The molecule has 24 nitrogen and oxygen atoms in total. The summed E-state index contributed by atoms with van der Waals surface area (Å²) < 4.78 is 531. The number of fused-ring (bicyclic) bond motifs is 12. The molecule has 0 saturated carbocycles. The molecule has 20 atom stereocenters. The summed E-state index contributed by atoms with van der Waals surface area (Å²) in [5.74, 6) is -35.7. The van der Waals surface area contributed by atoms with Gasteiger partial charge in [-0.25, -0.2) is 0 Å². The fraction of sp³-hybridized carbons (Fsp3) is 0.708. The molecule has 8 heterocycles. The van der Waals surface area contributed by atoms with Crippen LogP contribution >= 0.6 is 0 Å². The van der Waals surface area contributed by atoms with Crippen molar-refractivity contribution in [1.29, 1.82) is 0 Å². The van der Waals surface area contributed by atoms with Crippen LogP contribution in [0, 0.1) is 70.8 Å². The average molecular weight is 1730 g/mol. The molecule has 0 spiro atoms. The maximum Gasteiger partial charge on any atom is 0.323 e. The number of piperidine rings is 4. The lowest BCUT2D eigenvalue weighted by Gasteiger charge is -2.47. The van der Waals surface area contributed by atoms with Crippen LogP contribution in [0.2, 0.25) is 0 Å². The Labute approximate surface area is 794 Å². The molecule has 8 N–H and O–H groups in total. The van der Waals surface area contributed by atoms with Crippen LogP contribution in [0.5, 0.6) is 46.0 Å². The highest BCUT2D eigenvalue weighted by Gasteiger charge is 2.47. The molecule has 4 aromatic carbocycles. The van der Waals surface area contributed by atoms with Gasteiger partial charge in [-0.3, -0.25) is 38.8 Å². The van der Waals surface area contributed by atoms with Crippen LogP contribution in [0.15, 0.2) is 48.5 Å². The van der Waals surface area contributed by atoms with E-state index < -0.39 is 312 Å². The van der Waals surface area contributed by atoms with E-state index in [1.807, 2.05) is 0 Å². The van der Waals surface area contributed by atoms with Gasteiger partial charge in [0.2, 0.25) is 0 Å².